The van der Waals surface area contributed by atoms with Crippen LogP contribution in [0.4, 0.5) is 11.4 Å². The van der Waals surface area contributed by atoms with Gasteiger partial charge in [-0.1, -0.05) is 46.9 Å². The number of hydrogen-bond donors (Lipinski definition) is 2. The summed E-state index contributed by atoms with van der Waals surface area (Å²) >= 11 is 19.1. The average Bonchev–Trinajstić information content (AvgIpc) is 2.72. The Kier molecular flexibility index (Phi) is 8.05. The Hall–Kier alpha value is -2.18. The SMILES string of the molecule is O=C(CSc1ccc(NC(=O)Cc2ccc(Cl)cc2)cc1)Nc1ccc(Cl)c(Cl)c1. The minimum atomic E-state index is -0.154. The van der Waals surface area contributed by atoms with Gasteiger partial charge in [-0.3, -0.25) is 9.59 Å². The molecule has 0 saturated carbocycles. The normalized spacial score (nSPS) is 10.5. The molecule has 0 aliphatic heterocycles. The molecule has 4 nitrogen and oxygen atoms in total. The highest BCUT2D eigenvalue weighted by Crippen LogP contribution is 2.26. The summed E-state index contributed by atoms with van der Waals surface area (Å²) in [6, 6.07) is 19.4. The molecule has 30 heavy (non-hydrogen) atoms. The van der Waals surface area contributed by atoms with Crippen molar-refractivity contribution >= 4 is 69.8 Å². The second-order valence-electron chi connectivity index (χ2n) is 6.34. The predicted molar refractivity (Wildman–Crippen MR) is 126 cm³/mol. The van der Waals surface area contributed by atoms with E-state index in [1.54, 1.807) is 42.5 Å². The Morgan fingerprint density at radius 3 is 2.03 bits per heavy atom. The molecule has 0 radical (unpaired) electrons. The van der Waals surface area contributed by atoms with Crippen LogP contribution in [0.15, 0.2) is 71.6 Å². The van der Waals surface area contributed by atoms with E-state index in [1.807, 2.05) is 24.3 Å². The number of nitrogens with one attached hydrogen (secondary N) is 2. The zero-order chi connectivity index (χ0) is 21.5. The molecule has 8 heteroatoms. The van der Waals surface area contributed by atoms with E-state index in [0.717, 1.165) is 10.5 Å². The minimum absolute atomic E-state index is 0.112. The summed E-state index contributed by atoms with van der Waals surface area (Å²) in [7, 11) is 0. The van der Waals surface area contributed by atoms with Crippen molar-refractivity contribution in [2.24, 2.45) is 0 Å². The van der Waals surface area contributed by atoms with Crippen LogP contribution >= 0.6 is 46.6 Å². The van der Waals surface area contributed by atoms with E-state index in [-0.39, 0.29) is 24.0 Å². The van der Waals surface area contributed by atoms with E-state index >= 15 is 0 Å². The number of thioether (sulfide) groups is 1. The van der Waals surface area contributed by atoms with E-state index in [0.29, 0.717) is 26.4 Å². The van der Waals surface area contributed by atoms with Crippen LogP contribution in [0.2, 0.25) is 15.1 Å². The van der Waals surface area contributed by atoms with Crippen molar-refractivity contribution in [3.8, 4) is 0 Å². The van der Waals surface area contributed by atoms with Crippen molar-refractivity contribution in [2.45, 2.75) is 11.3 Å². The van der Waals surface area contributed by atoms with Crippen LogP contribution in [0.5, 0.6) is 0 Å². The van der Waals surface area contributed by atoms with E-state index in [4.69, 9.17) is 34.8 Å². The molecule has 3 rings (SSSR count). The first-order chi connectivity index (χ1) is 14.4. The maximum absolute atomic E-state index is 12.2. The molecule has 2 amide bonds. The van der Waals surface area contributed by atoms with Gasteiger partial charge in [0, 0.05) is 21.3 Å². The van der Waals surface area contributed by atoms with Gasteiger partial charge in [0.15, 0.2) is 0 Å². The Labute approximate surface area is 193 Å². The quantitative estimate of drug-likeness (QED) is 0.377. The zero-order valence-electron chi connectivity index (χ0n) is 15.6. The average molecular weight is 480 g/mol. The first-order valence-corrected chi connectivity index (χ1v) is 11.0. The number of benzene rings is 3. The van der Waals surface area contributed by atoms with Crippen molar-refractivity contribution < 1.29 is 9.59 Å². The summed E-state index contributed by atoms with van der Waals surface area (Å²) in [5, 5.41) is 7.09. The lowest BCUT2D eigenvalue weighted by atomic mass is 10.1. The Bertz CT molecular complexity index is 1040. The minimum Gasteiger partial charge on any atom is -0.326 e. The highest BCUT2D eigenvalue weighted by Gasteiger charge is 2.07. The number of hydrogen-bond acceptors (Lipinski definition) is 3. The van der Waals surface area contributed by atoms with Crippen molar-refractivity contribution in [1.29, 1.82) is 0 Å². The fourth-order valence-electron chi connectivity index (χ4n) is 2.55. The summed E-state index contributed by atoms with van der Waals surface area (Å²) in [4.78, 5) is 25.2. The molecule has 0 aliphatic rings. The number of anilines is 2. The van der Waals surface area contributed by atoms with Gasteiger partial charge in [-0.2, -0.15) is 0 Å². The highest BCUT2D eigenvalue weighted by molar-refractivity contribution is 8.00. The third-order valence-electron chi connectivity index (χ3n) is 3.99. The highest BCUT2D eigenvalue weighted by atomic mass is 35.5. The smallest absolute Gasteiger partial charge is 0.234 e. The fourth-order valence-corrected chi connectivity index (χ4v) is 3.67. The van der Waals surface area contributed by atoms with Crippen LogP contribution in [0, 0.1) is 0 Å². The Morgan fingerprint density at radius 2 is 1.37 bits per heavy atom. The molecule has 0 unspecified atom stereocenters. The molecule has 3 aromatic carbocycles. The van der Waals surface area contributed by atoms with Crippen molar-refractivity contribution in [2.75, 3.05) is 16.4 Å². The van der Waals surface area contributed by atoms with Crippen molar-refractivity contribution in [1.82, 2.24) is 0 Å². The van der Waals surface area contributed by atoms with Gasteiger partial charge in [0.1, 0.15) is 0 Å². The largest absolute Gasteiger partial charge is 0.326 e. The third-order valence-corrected chi connectivity index (χ3v) is 5.99. The molecule has 2 N–H and O–H groups in total. The van der Waals surface area contributed by atoms with E-state index in [2.05, 4.69) is 10.6 Å². The molecule has 0 saturated heterocycles. The van der Waals surface area contributed by atoms with Gasteiger partial charge in [0.25, 0.3) is 0 Å². The molecule has 154 valence electrons. The fraction of sp³-hybridized carbons (Fsp3) is 0.0909. The van der Waals surface area contributed by atoms with E-state index in [9.17, 15) is 9.59 Å². The Morgan fingerprint density at radius 1 is 0.733 bits per heavy atom. The van der Waals surface area contributed by atoms with Crippen LogP contribution in [-0.2, 0) is 16.0 Å². The van der Waals surface area contributed by atoms with Gasteiger partial charge in [-0.05, 0) is 60.2 Å². The maximum Gasteiger partial charge on any atom is 0.234 e. The first-order valence-electron chi connectivity index (χ1n) is 8.91. The van der Waals surface area contributed by atoms with Crippen LogP contribution in [0.1, 0.15) is 5.56 Å². The second-order valence-corrected chi connectivity index (χ2v) is 8.64. The van der Waals surface area contributed by atoms with E-state index < -0.39 is 0 Å². The summed E-state index contributed by atoms with van der Waals surface area (Å²) in [6.07, 6.45) is 0.266. The summed E-state index contributed by atoms with van der Waals surface area (Å²) in [6.45, 7) is 0. The first kappa shape index (κ1) is 22.5. The van der Waals surface area contributed by atoms with Gasteiger partial charge in [0.2, 0.25) is 11.8 Å². The van der Waals surface area contributed by atoms with Crippen molar-refractivity contribution in [3.63, 3.8) is 0 Å². The predicted octanol–water partition coefficient (Wildman–Crippen LogP) is 6.56. The van der Waals surface area contributed by atoms with Crippen molar-refractivity contribution in [3.05, 3.63) is 87.4 Å². The standard InChI is InChI=1S/C22H17Cl3N2O2S/c23-15-3-1-14(2-4-15)11-21(28)26-16-5-8-18(9-6-16)30-13-22(29)27-17-7-10-19(24)20(25)12-17/h1-10,12H,11,13H2,(H,26,28)(H,27,29). The van der Waals surface area contributed by atoms with Gasteiger partial charge < -0.3 is 10.6 Å². The lowest BCUT2D eigenvalue weighted by Gasteiger charge is -2.08. The summed E-state index contributed by atoms with van der Waals surface area (Å²) < 4.78 is 0. The third kappa shape index (κ3) is 6.96. The van der Waals surface area contributed by atoms with Crippen LogP contribution < -0.4 is 10.6 Å². The number of rotatable bonds is 7. The maximum atomic E-state index is 12.2. The molecule has 0 atom stereocenters. The molecular formula is C22H17Cl3N2O2S. The Balaban J connectivity index is 1.46. The molecule has 0 spiro atoms. The number of halogens is 3. The van der Waals surface area contributed by atoms with Crippen LogP contribution in [0.3, 0.4) is 0 Å². The lowest BCUT2D eigenvalue weighted by molar-refractivity contribution is -0.115. The molecular weight excluding hydrogens is 463 g/mol. The summed E-state index contributed by atoms with van der Waals surface area (Å²) in [5.74, 6) is -0.0276. The van der Waals surface area contributed by atoms with Crippen LogP contribution in [-0.4, -0.2) is 17.6 Å². The number of amides is 2. The number of carbonyl (C=O) groups is 2. The van der Waals surface area contributed by atoms with Gasteiger partial charge >= 0.3 is 0 Å². The second kappa shape index (κ2) is 10.7. The molecule has 0 aliphatic carbocycles. The summed E-state index contributed by atoms with van der Waals surface area (Å²) in [5.41, 5.74) is 2.17. The monoisotopic (exact) mass is 478 g/mol. The topological polar surface area (TPSA) is 58.2 Å². The number of carbonyl (C=O) groups excluding carboxylic acids is 2. The van der Waals surface area contributed by atoms with Gasteiger partial charge in [0.05, 0.1) is 22.2 Å². The molecule has 0 aromatic heterocycles. The van der Waals surface area contributed by atoms with Gasteiger partial charge in [-0.25, -0.2) is 0 Å². The molecule has 3 aromatic rings. The molecule has 0 fully saturated rings. The van der Waals surface area contributed by atoms with Gasteiger partial charge in [-0.15, -0.1) is 11.8 Å². The zero-order valence-corrected chi connectivity index (χ0v) is 18.7. The molecule has 0 heterocycles. The van der Waals surface area contributed by atoms with E-state index in [1.165, 1.54) is 11.8 Å². The molecule has 0 bridgehead atoms. The van der Waals surface area contributed by atoms with Crippen LogP contribution in [0.25, 0.3) is 0 Å². The lowest BCUT2D eigenvalue weighted by Crippen LogP contribution is -2.14.